The molecule has 0 aliphatic carbocycles. The molecule has 0 aliphatic heterocycles. The van der Waals surface area contributed by atoms with Crippen molar-refractivity contribution in [3.05, 3.63) is 96.8 Å². The smallest absolute Gasteiger partial charge is 0.237 e. The topological polar surface area (TPSA) is 72.7 Å². The summed E-state index contributed by atoms with van der Waals surface area (Å²) in [6, 6.07) is 25.8. The van der Waals surface area contributed by atoms with Gasteiger partial charge in [0.25, 0.3) is 0 Å². The van der Waals surface area contributed by atoms with Crippen molar-refractivity contribution < 1.29 is 4.79 Å². The Kier molecular flexibility index (Phi) is 6.10. The molecular formula is C27H23N5OS. The van der Waals surface area contributed by atoms with Crippen molar-refractivity contribution >= 4 is 34.1 Å². The number of aryl methyl sites for hydroxylation is 1. The van der Waals surface area contributed by atoms with Crippen molar-refractivity contribution in [3.63, 3.8) is 0 Å². The minimum Gasteiger partial charge on any atom is -0.325 e. The summed E-state index contributed by atoms with van der Waals surface area (Å²) in [7, 11) is 0. The maximum Gasteiger partial charge on any atom is 0.237 e. The molecule has 6 nitrogen and oxygen atoms in total. The first-order chi connectivity index (χ1) is 16.6. The van der Waals surface area contributed by atoms with Crippen molar-refractivity contribution in [1.29, 1.82) is 0 Å². The van der Waals surface area contributed by atoms with Gasteiger partial charge in [0, 0.05) is 29.0 Å². The van der Waals surface area contributed by atoms with Crippen LogP contribution in [0.3, 0.4) is 0 Å². The Hall–Kier alpha value is -3.97. The third-order valence-electron chi connectivity index (χ3n) is 5.61. The van der Waals surface area contributed by atoms with Crippen LogP contribution in [0, 0.1) is 6.92 Å². The number of benzene rings is 3. The maximum absolute atomic E-state index is 13.2. The highest BCUT2D eigenvalue weighted by Gasteiger charge is 2.23. The minimum absolute atomic E-state index is 0.0939. The SMILES string of the molecule is Cc1ccccc1-n1c(SC(C)C(=O)Nc2cccc3ccccc23)nnc1-c1cccnc1. The standard InChI is InChI=1S/C27H23N5OS/c1-18-9-3-6-15-24(18)32-25(21-12-8-16-28-17-21)30-31-27(32)34-19(2)26(33)29-23-14-7-11-20-10-4-5-13-22(20)23/h3-17,19H,1-2H3,(H,29,33). The molecule has 1 unspecified atom stereocenters. The number of aromatic nitrogens is 4. The predicted molar refractivity (Wildman–Crippen MR) is 137 cm³/mol. The molecule has 168 valence electrons. The van der Waals surface area contributed by atoms with Crippen molar-refractivity contribution in [2.45, 2.75) is 24.3 Å². The summed E-state index contributed by atoms with van der Waals surface area (Å²) >= 11 is 1.38. The van der Waals surface area contributed by atoms with Crippen molar-refractivity contribution in [2.75, 3.05) is 5.32 Å². The summed E-state index contributed by atoms with van der Waals surface area (Å²) < 4.78 is 2.00. The Balaban J connectivity index is 1.46. The molecule has 5 aromatic rings. The van der Waals surface area contributed by atoms with E-state index in [0.717, 1.165) is 33.3 Å². The monoisotopic (exact) mass is 465 g/mol. The number of nitrogens with one attached hydrogen (secondary N) is 1. The second kappa shape index (κ2) is 9.49. The normalized spacial score (nSPS) is 11.9. The van der Waals surface area contributed by atoms with Gasteiger partial charge < -0.3 is 5.32 Å². The molecule has 5 rings (SSSR count). The predicted octanol–water partition coefficient (Wildman–Crippen LogP) is 5.91. The lowest BCUT2D eigenvalue weighted by atomic mass is 10.1. The van der Waals surface area contributed by atoms with Crippen molar-refractivity contribution in [3.8, 4) is 17.1 Å². The quantitative estimate of drug-likeness (QED) is 0.316. The molecule has 0 radical (unpaired) electrons. The van der Waals surface area contributed by atoms with E-state index in [1.54, 1.807) is 12.4 Å². The lowest BCUT2D eigenvalue weighted by Crippen LogP contribution is -2.23. The molecule has 7 heteroatoms. The minimum atomic E-state index is -0.396. The molecular weight excluding hydrogens is 442 g/mol. The Morgan fingerprint density at radius 3 is 2.56 bits per heavy atom. The van der Waals surface area contributed by atoms with Crippen molar-refractivity contribution in [2.24, 2.45) is 0 Å². The van der Waals surface area contributed by atoms with Gasteiger partial charge in [0.05, 0.1) is 10.9 Å². The first-order valence-electron chi connectivity index (χ1n) is 11.0. The number of rotatable bonds is 6. The van der Waals surface area contributed by atoms with Crippen LogP contribution in [0.1, 0.15) is 12.5 Å². The number of anilines is 1. The molecule has 1 amide bonds. The van der Waals surface area contributed by atoms with E-state index in [-0.39, 0.29) is 5.91 Å². The summed E-state index contributed by atoms with van der Waals surface area (Å²) in [5, 5.41) is 14.4. The number of hydrogen-bond acceptors (Lipinski definition) is 5. The maximum atomic E-state index is 13.2. The summed E-state index contributed by atoms with van der Waals surface area (Å²) in [6.07, 6.45) is 3.50. The highest BCUT2D eigenvalue weighted by molar-refractivity contribution is 8.00. The number of thioether (sulfide) groups is 1. The van der Waals surface area contributed by atoms with Crippen LogP contribution in [-0.4, -0.2) is 30.9 Å². The van der Waals surface area contributed by atoms with Crippen LogP contribution in [-0.2, 0) is 4.79 Å². The first-order valence-corrected chi connectivity index (χ1v) is 11.9. The second-order valence-electron chi connectivity index (χ2n) is 7.95. The van der Waals surface area contributed by atoms with Crippen molar-refractivity contribution in [1.82, 2.24) is 19.7 Å². The number of para-hydroxylation sites is 1. The van der Waals surface area contributed by atoms with E-state index in [1.807, 2.05) is 97.3 Å². The fourth-order valence-corrected chi connectivity index (χ4v) is 4.70. The Morgan fingerprint density at radius 2 is 1.74 bits per heavy atom. The van der Waals surface area contributed by atoms with Crippen LogP contribution >= 0.6 is 11.8 Å². The summed E-state index contributed by atoms with van der Waals surface area (Å²) in [4.78, 5) is 17.4. The zero-order valence-corrected chi connectivity index (χ0v) is 19.7. The van der Waals surface area contributed by atoms with Crippen LogP contribution < -0.4 is 5.32 Å². The van der Waals surface area contributed by atoms with Crippen LogP contribution in [0.4, 0.5) is 5.69 Å². The fourth-order valence-electron chi connectivity index (χ4n) is 3.84. The average molecular weight is 466 g/mol. The largest absolute Gasteiger partial charge is 0.325 e. The van der Waals surface area contributed by atoms with E-state index in [1.165, 1.54) is 11.8 Å². The lowest BCUT2D eigenvalue weighted by molar-refractivity contribution is -0.115. The molecule has 0 saturated heterocycles. The molecule has 0 aliphatic rings. The Bertz CT molecular complexity index is 1460. The van der Waals surface area contributed by atoms with E-state index >= 15 is 0 Å². The van der Waals surface area contributed by atoms with Gasteiger partial charge in [-0.2, -0.15) is 0 Å². The van der Waals surface area contributed by atoms with E-state index in [9.17, 15) is 4.79 Å². The van der Waals surface area contributed by atoms with Gasteiger partial charge in [-0.15, -0.1) is 10.2 Å². The molecule has 2 aromatic heterocycles. The molecule has 0 bridgehead atoms. The lowest BCUT2D eigenvalue weighted by Gasteiger charge is -2.16. The van der Waals surface area contributed by atoms with E-state index < -0.39 is 5.25 Å². The van der Waals surface area contributed by atoms with Gasteiger partial charge in [0.2, 0.25) is 5.91 Å². The van der Waals surface area contributed by atoms with E-state index in [4.69, 9.17) is 0 Å². The van der Waals surface area contributed by atoms with Gasteiger partial charge >= 0.3 is 0 Å². The number of hydrogen-bond donors (Lipinski definition) is 1. The molecule has 1 atom stereocenters. The van der Waals surface area contributed by atoms with Gasteiger partial charge in [-0.3, -0.25) is 14.3 Å². The first kappa shape index (κ1) is 21.9. The summed E-state index contributed by atoms with van der Waals surface area (Å²) in [5.41, 5.74) is 3.71. The zero-order chi connectivity index (χ0) is 23.5. The molecule has 3 aromatic carbocycles. The van der Waals surface area contributed by atoms with E-state index in [2.05, 4.69) is 20.5 Å². The van der Waals surface area contributed by atoms with Gasteiger partial charge in [0.15, 0.2) is 11.0 Å². The fraction of sp³-hybridized carbons (Fsp3) is 0.111. The molecule has 2 heterocycles. The number of nitrogens with zero attached hydrogens (tertiary/aromatic N) is 4. The van der Waals surface area contributed by atoms with E-state index in [0.29, 0.717) is 11.0 Å². The summed E-state index contributed by atoms with van der Waals surface area (Å²) in [5.74, 6) is 0.593. The van der Waals surface area contributed by atoms with Crippen LogP contribution in [0.2, 0.25) is 0 Å². The van der Waals surface area contributed by atoms with Crippen LogP contribution in [0.5, 0.6) is 0 Å². The van der Waals surface area contributed by atoms with Gasteiger partial charge in [-0.1, -0.05) is 66.4 Å². The Labute approximate surface area is 202 Å². The third kappa shape index (κ3) is 4.30. The second-order valence-corrected chi connectivity index (χ2v) is 9.25. The molecule has 0 spiro atoms. The Morgan fingerprint density at radius 1 is 0.941 bits per heavy atom. The average Bonchev–Trinajstić information content (AvgIpc) is 3.28. The molecule has 1 N–H and O–H groups in total. The highest BCUT2D eigenvalue weighted by atomic mass is 32.2. The zero-order valence-electron chi connectivity index (χ0n) is 18.8. The highest BCUT2D eigenvalue weighted by Crippen LogP contribution is 2.32. The van der Waals surface area contributed by atoms with Gasteiger partial charge in [-0.25, -0.2) is 0 Å². The number of amides is 1. The molecule has 0 saturated carbocycles. The number of pyridine rings is 1. The summed E-state index contributed by atoms with van der Waals surface area (Å²) in [6.45, 7) is 3.93. The number of carbonyl (C=O) groups is 1. The van der Waals surface area contributed by atoms with Gasteiger partial charge in [0.1, 0.15) is 0 Å². The van der Waals surface area contributed by atoms with Gasteiger partial charge in [-0.05, 0) is 49.1 Å². The van der Waals surface area contributed by atoms with Crippen LogP contribution in [0.15, 0.2) is 96.4 Å². The number of carbonyl (C=O) groups excluding carboxylic acids is 1. The van der Waals surface area contributed by atoms with Crippen LogP contribution in [0.25, 0.3) is 27.8 Å². The molecule has 0 fully saturated rings. The number of fused-ring (bicyclic) bond motifs is 1. The molecule has 34 heavy (non-hydrogen) atoms. The third-order valence-corrected chi connectivity index (χ3v) is 6.65.